The van der Waals surface area contributed by atoms with Gasteiger partial charge in [0.15, 0.2) is 0 Å². The van der Waals surface area contributed by atoms with Crippen molar-refractivity contribution >= 4 is 11.7 Å². The molecule has 0 atom stereocenters. The molecule has 1 aliphatic rings. The molecule has 0 spiro atoms. The first-order valence-corrected chi connectivity index (χ1v) is 8.39. The van der Waals surface area contributed by atoms with Crippen LogP contribution in [-0.4, -0.2) is 53.6 Å². The van der Waals surface area contributed by atoms with E-state index in [0.717, 1.165) is 37.4 Å². The lowest BCUT2D eigenvalue weighted by Gasteiger charge is -2.29. The summed E-state index contributed by atoms with van der Waals surface area (Å²) in [5.41, 5.74) is 3.31. The molecule has 1 amide bonds. The van der Waals surface area contributed by atoms with Crippen molar-refractivity contribution in [2.24, 2.45) is 0 Å². The number of anilines is 1. The summed E-state index contributed by atoms with van der Waals surface area (Å²) >= 11 is 0. The quantitative estimate of drug-likeness (QED) is 0.865. The lowest BCUT2D eigenvalue weighted by atomic mass is 10.1. The van der Waals surface area contributed by atoms with Gasteiger partial charge in [0.25, 0.3) is 0 Å². The highest BCUT2D eigenvalue weighted by Gasteiger charge is 2.16. The fraction of sp³-hybridized carbons (Fsp3) is 0.444. The van der Waals surface area contributed by atoms with E-state index in [1.165, 1.54) is 10.4 Å². The second-order valence-corrected chi connectivity index (χ2v) is 6.02. The van der Waals surface area contributed by atoms with Crippen molar-refractivity contribution in [2.45, 2.75) is 20.4 Å². The molecule has 1 saturated heterocycles. The van der Waals surface area contributed by atoms with Crippen molar-refractivity contribution in [1.82, 2.24) is 14.7 Å². The van der Waals surface area contributed by atoms with Gasteiger partial charge in [-0.25, -0.2) is 4.79 Å². The highest BCUT2D eigenvalue weighted by molar-refractivity contribution is 5.76. The van der Waals surface area contributed by atoms with E-state index in [2.05, 4.69) is 34.3 Å². The Morgan fingerprint density at radius 3 is 2.54 bits per heavy atom. The minimum atomic E-state index is -0.0946. The number of aromatic nitrogens is 2. The van der Waals surface area contributed by atoms with E-state index in [-0.39, 0.29) is 6.03 Å². The number of rotatable bonds is 4. The standard InChI is InChI=1S/C18H24N4O2/c1-3-20(18(23)22-13-15(2)12-19-22)14-16-4-6-17(7-5-16)21-8-10-24-11-9-21/h4-7,12-13H,3,8-11,14H2,1-2H3. The number of benzene rings is 1. The minimum Gasteiger partial charge on any atom is -0.378 e. The average molecular weight is 328 g/mol. The number of hydrogen-bond donors (Lipinski definition) is 0. The number of nitrogens with zero attached hydrogens (tertiary/aromatic N) is 4. The van der Waals surface area contributed by atoms with E-state index >= 15 is 0 Å². The van der Waals surface area contributed by atoms with Crippen LogP contribution in [0.5, 0.6) is 0 Å². The Labute approximate surface area is 142 Å². The predicted molar refractivity (Wildman–Crippen MR) is 93.3 cm³/mol. The Hall–Kier alpha value is -2.34. The van der Waals surface area contributed by atoms with Gasteiger partial charge in [-0.3, -0.25) is 0 Å². The number of ether oxygens (including phenoxy) is 1. The van der Waals surface area contributed by atoms with Gasteiger partial charge in [-0.1, -0.05) is 12.1 Å². The fourth-order valence-corrected chi connectivity index (χ4v) is 2.83. The van der Waals surface area contributed by atoms with Crippen LogP contribution < -0.4 is 4.90 Å². The zero-order chi connectivity index (χ0) is 16.9. The molecule has 2 aromatic rings. The number of aryl methyl sites for hydroxylation is 1. The number of morpholine rings is 1. The van der Waals surface area contributed by atoms with E-state index in [1.807, 2.05) is 13.8 Å². The summed E-state index contributed by atoms with van der Waals surface area (Å²) < 4.78 is 6.79. The predicted octanol–water partition coefficient (Wildman–Crippen LogP) is 2.52. The molecule has 1 aliphatic heterocycles. The average Bonchev–Trinajstić information content (AvgIpc) is 3.07. The Bertz CT molecular complexity index is 675. The molecule has 0 aliphatic carbocycles. The molecule has 0 bridgehead atoms. The Morgan fingerprint density at radius 2 is 1.96 bits per heavy atom. The third kappa shape index (κ3) is 3.76. The Kier molecular flexibility index (Phi) is 5.15. The van der Waals surface area contributed by atoms with Gasteiger partial charge in [0.2, 0.25) is 0 Å². The van der Waals surface area contributed by atoms with E-state index < -0.39 is 0 Å². The number of amides is 1. The maximum atomic E-state index is 12.5. The molecule has 0 unspecified atom stereocenters. The normalized spacial score (nSPS) is 14.7. The molecule has 0 N–H and O–H groups in total. The van der Waals surface area contributed by atoms with Gasteiger partial charge in [-0.15, -0.1) is 0 Å². The topological polar surface area (TPSA) is 50.6 Å². The summed E-state index contributed by atoms with van der Waals surface area (Å²) in [6.45, 7) is 8.55. The molecule has 0 radical (unpaired) electrons. The maximum Gasteiger partial charge on any atom is 0.344 e. The van der Waals surface area contributed by atoms with Crippen LogP contribution in [0, 0.1) is 6.92 Å². The highest BCUT2D eigenvalue weighted by atomic mass is 16.5. The van der Waals surface area contributed by atoms with Crippen LogP contribution in [0.1, 0.15) is 18.1 Å². The molecule has 1 aromatic carbocycles. The SMILES string of the molecule is CCN(Cc1ccc(N2CCOCC2)cc1)C(=O)n1cc(C)cn1. The second-order valence-electron chi connectivity index (χ2n) is 6.02. The Morgan fingerprint density at radius 1 is 1.25 bits per heavy atom. The van der Waals surface area contributed by atoms with Gasteiger partial charge in [0, 0.05) is 38.1 Å². The number of carbonyl (C=O) groups is 1. The molecule has 1 aromatic heterocycles. The first-order valence-electron chi connectivity index (χ1n) is 8.39. The van der Waals surface area contributed by atoms with Gasteiger partial charge in [0.1, 0.15) is 0 Å². The van der Waals surface area contributed by atoms with Crippen molar-refractivity contribution < 1.29 is 9.53 Å². The number of hydrogen-bond acceptors (Lipinski definition) is 4. The molecule has 3 rings (SSSR count). The van der Waals surface area contributed by atoms with Gasteiger partial charge in [-0.05, 0) is 37.1 Å². The molecule has 6 nitrogen and oxygen atoms in total. The molecular weight excluding hydrogens is 304 g/mol. The fourth-order valence-electron chi connectivity index (χ4n) is 2.83. The summed E-state index contributed by atoms with van der Waals surface area (Å²) in [7, 11) is 0. The van der Waals surface area contributed by atoms with Crippen LogP contribution in [-0.2, 0) is 11.3 Å². The third-order valence-electron chi connectivity index (χ3n) is 4.25. The first kappa shape index (κ1) is 16.5. The van der Waals surface area contributed by atoms with Gasteiger partial charge in [0.05, 0.1) is 19.4 Å². The van der Waals surface area contributed by atoms with Crippen molar-refractivity contribution in [3.8, 4) is 0 Å². The van der Waals surface area contributed by atoms with Crippen LogP contribution in [0.25, 0.3) is 0 Å². The molecule has 2 heterocycles. The molecule has 6 heteroatoms. The van der Waals surface area contributed by atoms with Gasteiger partial charge in [-0.2, -0.15) is 9.78 Å². The third-order valence-corrected chi connectivity index (χ3v) is 4.25. The van der Waals surface area contributed by atoms with Gasteiger partial charge >= 0.3 is 6.03 Å². The summed E-state index contributed by atoms with van der Waals surface area (Å²) in [4.78, 5) is 16.6. The van der Waals surface area contributed by atoms with Crippen molar-refractivity contribution in [3.63, 3.8) is 0 Å². The van der Waals surface area contributed by atoms with Crippen LogP contribution >= 0.6 is 0 Å². The molecule has 128 valence electrons. The van der Waals surface area contributed by atoms with Gasteiger partial charge < -0.3 is 14.5 Å². The molecule has 0 saturated carbocycles. The van der Waals surface area contributed by atoms with Crippen LogP contribution in [0.15, 0.2) is 36.7 Å². The van der Waals surface area contributed by atoms with Crippen LogP contribution in [0.4, 0.5) is 10.5 Å². The van der Waals surface area contributed by atoms with E-state index in [9.17, 15) is 4.79 Å². The maximum absolute atomic E-state index is 12.5. The van der Waals surface area contributed by atoms with Crippen LogP contribution in [0.3, 0.4) is 0 Å². The van der Waals surface area contributed by atoms with Crippen molar-refractivity contribution in [2.75, 3.05) is 37.7 Å². The zero-order valence-electron chi connectivity index (χ0n) is 14.3. The largest absolute Gasteiger partial charge is 0.378 e. The lowest BCUT2D eigenvalue weighted by molar-refractivity contribution is 0.122. The molecular formula is C18H24N4O2. The van der Waals surface area contributed by atoms with E-state index in [0.29, 0.717) is 13.1 Å². The highest BCUT2D eigenvalue weighted by Crippen LogP contribution is 2.17. The summed E-state index contributed by atoms with van der Waals surface area (Å²) in [5, 5.41) is 4.11. The zero-order valence-corrected chi connectivity index (χ0v) is 14.3. The summed E-state index contributed by atoms with van der Waals surface area (Å²) in [6, 6.07) is 8.33. The second kappa shape index (κ2) is 7.49. The first-order chi connectivity index (χ1) is 11.7. The smallest absolute Gasteiger partial charge is 0.344 e. The van der Waals surface area contributed by atoms with Crippen molar-refractivity contribution in [3.05, 3.63) is 47.8 Å². The Balaban J connectivity index is 1.66. The molecule has 24 heavy (non-hydrogen) atoms. The van der Waals surface area contributed by atoms with E-state index in [1.54, 1.807) is 17.3 Å². The lowest BCUT2D eigenvalue weighted by Crippen LogP contribution is -2.36. The van der Waals surface area contributed by atoms with Crippen LogP contribution in [0.2, 0.25) is 0 Å². The minimum absolute atomic E-state index is 0.0946. The summed E-state index contributed by atoms with van der Waals surface area (Å²) in [6.07, 6.45) is 3.45. The monoisotopic (exact) mass is 328 g/mol. The van der Waals surface area contributed by atoms with Crippen molar-refractivity contribution in [1.29, 1.82) is 0 Å². The van der Waals surface area contributed by atoms with E-state index in [4.69, 9.17) is 4.74 Å². The summed E-state index contributed by atoms with van der Waals surface area (Å²) in [5.74, 6) is 0. The molecule has 1 fully saturated rings. The number of carbonyl (C=O) groups excluding carboxylic acids is 1.